The third kappa shape index (κ3) is 4.26. The standard InChI is InChI=1S/C6H12FNO2/c1-5(3-7)8-6(9)4-10-2/h5H,3-4H2,1-2H3,(H,8,9). The summed E-state index contributed by atoms with van der Waals surface area (Å²) in [5.41, 5.74) is 0. The van der Waals surface area contributed by atoms with Gasteiger partial charge in [0.05, 0.1) is 6.04 Å². The largest absolute Gasteiger partial charge is 0.375 e. The van der Waals surface area contributed by atoms with Gasteiger partial charge in [-0.15, -0.1) is 0 Å². The average molecular weight is 149 g/mol. The second-order valence-electron chi connectivity index (χ2n) is 2.06. The molecular formula is C6H12FNO2. The van der Waals surface area contributed by atoms with Crippen molar-refractivity contribution in [3.8, 4) is 0 Å². The second kappa shape index (κ2) is 5.17. The first kappa shape index (κ1) is 9.36. The Labute approximate surface area is 59.6 Å². The topological polar surface area (TPSA) is 38.3 Å². The van der Waals surface area contributed by atoms with Crippen molar-refractivity contribution in [3.63, 3.8) is 0 Å². The van der Waals surface area contributed by atoms with Gasteiger partial charge in [0.25, 0.3) is 0 Å². The molecule has 3 nitrogen and oxygen atoms in total. The van der Waals surface area contributed by atoms with E-state index < -0.39 is 12.7 Å². The van der Waals surface area contributed by atoms with E-state index in [0.29, 0.717) is 0 Å². The van der Waals surface area contributed by atoms with Crippen molar-refractivity contribution in [1.29, 1.82) is 0 Å². The minimum Gasteiger partial charge on any atom is -0.375 e. The van der Waals surface area contributed by atoms with Crippen molar-refractivity contribution in [2.45, 2.75) is 13.0 Å². The quantitative estimate of drug-likeness (QED) is 0.616. The van der Waals surface area contributed by atoms with Crippen LogP contribution in [0.3, 0.4) is 0 Å². The molecule has 0 aliphatic carbocycles. The van der Waals surface area contributed by atoms with Gasteiger partial charge in [-0.25, -0.2) is 4.39 Å². The van der Waals surface area contributed by atoms with E-state index in [4.69, 9.17) is 0 Å². The van der Waals surface area contributed by atoms with Crippen LogP contribution >= 0.6 is 0 Å². The zero-order valence-corrected chi connectivity index (χ0v) is 6.19. The van der Waals surface area contributed by atoms with Crippen LogP contribution in [0.1, 0.15) is 6.92 Å². The summed E-state index contributed by atoms with van der Waals surface area (Å²) in [4.78, 5) is 10.6. The van der Waals surface area contributed by atoms with Crippen LogP contribution in [-0.2, 0) is 9.53 Å². The summed E-state index contributed by atoms with van der Waals surface area (Å²) >= 11 is 0. The summed E-state index contributed by atoms with van der Waals surface area (Å²) in [6.07, 6.45) is 0. The Kier molecular flexibility index (Phi) is 4.84. The lowest BCUT2D eigenvalue weighted by molar-refractivity contribution is -0.125. The number of amides is 1. The van der Waals surface area contributed by atoms with Gasteiger partial charge in [-0.05, 0) is 6.92 Å². The highest BCUT2D eigenvalue weighted by molar-refractivity contribution is 5.77. The number of nitrogens with one attached hydrogen (secondary N) is 1. The maximum absolute atomic E-state index is 11.7. The summed E-state index contributed by atoms with van der Waals surface area (Å²) in [5.74, 6) is -0.285. The lowest BCUT2D eigenvalue weighted by Crippen LogP contribution is -2.36. The third-order valence-electron chi connectivity index (χ3n) is 0.914. The number of carbonyl (C=O) groups is 1. The molecule has 0 spiro atoms. The highest BCUT2D eigenvalue weighted by Crippen LogP contribution is 1.81. The van der Waals surface area contributed by atoms with Crippen molar-refractivity contribution < 1.29 is 13.9 Å². The Hall–Kier alpha value is -0.640. The minimum atomic E-state index is -0.546. The first-order valence-corrected chi connectivity index (χ1v) is 3.05. The van der Waals surface area contributed by atoms with Crippen LogP contribution < -0.4 is 5.32 Å². The molecule has 0 aromatic carbocycles. The summed E-state index contributed by atoms with van der Waals surface area (Å²) in [6.45, 7) is 1.04. The van der Waals surface area contributed by atoms with Gasteiger partial charge in [-0.1, -0.05) is 0 Å². The van der Waals surface area contributed by atoms with Crippen molar-refractivity contribution in [2.24, 2.45) is 0 Å². The first-order chi connectivity index (χ1) is 4.70. The molecule has 10 heavy (non-hydrogen) atoms. The zero-order chi connectivity index (χ0) is 7.98. The van der Waals surface area contributed by atoms with Crippen LogP contribution in [0.2, 0.25) is 0 Å². The molecule has 0 saturated carbocycles. The maximum Gasteiger partial charge on any atom is 0.246 e. The predicted octanol–water partition coefficient (Wildman–Crippen LogP) is 0.107. The van der Waals surface area contributed by atoms with E-state index in [1.807, 2.05) is 0 Å². The van der Waals surface area contributed by atoms with Crippen molar-refractivity contribution in [2.75, 3.05) is 20.4 Å². The van der Waals surface area contributed by atoms with Gasteiger partial charge in [0.15, 0.2) is 0 Å². The SMILES string of the molecule is COCC(=O)NC(C)CF. The summed E-state index contributed by atoms with van der Waals surface area (Å²) < 4.78 is 16.2. The third-order valence-corrected chi connectivity index (χ3v) is 0.914. The van der Waals surface area contributed by atoms with Gasteiger partial charge in [-0.3, -0.25) is 4.79 Å². The van der Waals surface area contributed by atoms with Crippen LogP contribution in [0.5, 0.6) is 0 Å². The van der Waals surface area contributed by atoms with E-state index in [2.05, 4.69) is 10.1 Å². The molecule has 1 unspecified atom stereocenters. The fourth-order valence-electron chi connectivity index (χ4n) is 0.486. The highest BCUT2D eigenvalue weighted by Gasteiger charge is 2.04. The van der Waals surface area contributed by atoms with Gasteiger partial charge in [0.1, 0.15) is 13.3 Å². The van der Waals surface area contributed by atoms with E-state index in [9.17, 15) is 9.18 Å². The van der Waals surface area contributed by atoms with Crippen molar-refractivity contribution >= 4 is 5.91 Å². The van der Waals surface area contributed by atoms with Gasteiger partial charge >= 0.3 is 0 Å². The Morgan fingerprint density at radius 3 is 2.80 bits per heavy atom. The summed E-state index contributed by atoms with van der Waals surface area (Å²) in [5, 5.41) is 2.39. The first-order valence-electron chi connectivity index (χ1n) is 3.05. The number of hydrogen-bond acceptors (Lipinski definition) is 2. The Morgan fingerprint density at radius 1 is 1.80 bits per heavy atom. The lowest BCUT2D eigenvalue weighted by atomic mass is 10.4. The van der Waals surface area contributed by atoms with Gasteiger partial charge in [0, 0.05) is 7.11 Å². The molecule has 1 amide bonds. The molecule has 4 heteroatoms. The van der Waals surface area contributed by atoms with E-state index in [1.165, 1.54) is 7.11 Å². The van der Waals surface area contributed by atoms with Crippen LogP contribution in [0.25, 0.3) is 0 Å². The number of rotatable bonds is 4. The molecule has 0 aliphatic rings. The fraction of sp³-hybridized carbons (Fsp3) is 0.833. The number of halogens is 1. The zero-order valence-electron chi connectivity index (χ0n) is 6.19. The van der Waals surface area contributed by atoms with Crippen LogP contribution in [-0.4, -0.2) is 32.3 Å². The van der Waals surface area contributed by atoms with E-state index in [0.717, 1.165) is 0 Å². The van der Waals surface area contributed by atoms with Crippen molar-refractivity contribution in [3.05, 3.63) is 0 Å². The van der Waals surface area contributed by atoms with E-state index in [1.54, 1.807) is 6.92 Å². The Morgan fingerprint density at radius 2 is 2.40 bits per heavy atom. The molecule has 0 heterocycles. The fourth-order valence-corrected chi connectivity index (χ4v) is 0.486. The molecule has 1 atom stereocenters. The molecule has 0 fully saturated rings. The molecule has 0 radical (unpaired) electrons. The van der Waals surface area contributed by atoms with Crippen LogP contribution in [0.4, 0.5) is 4.39 Å². The smallest absolute Gasteiger partial charge is 0.246 e. The lowest BCUT2D eigenvalue weighted by Gasteiger charge is -2.08. The predicted molar refractivity (Wildman–Crippen MR) is 35.5 cm³/mol. The van der Waals surface area contributed by atoms with Gasteiger partial charge in [0.2, 0.25) is 5.91 Å². The second-order valence-corrected chi connectivity index (χ2v) is 2.06. The maximum atomic E-state index is 11.7. The molecule has 0 aliphatic heterocycles. The summed E-state index contributed by atoms with van der Waals surface area (Å²) in [7, 11) is 1.42. The van der Waals surface area contributed by atoms with Crippen molar-refractivity contribution in [1.82, 2.24) is 5.32 Å². The summed E-state index contributed by atoms with van der Waals surface area (Å²) in [6, 6.07) is -0.414. The Bertz CT molecular complexity index is 108. The monoisotopic (exact) mass is 149 g/mol. The molecule has 0 rings (SSSR count). The number of hydrogen-bond donors (Lipinski definition) is 1. The average Bonchev–Trinajstić information content (AvgIpc) is 1.88. The molecular weight excluding hydrogens is 137 g/mol. The normalized spacial score (nSPS) is 12.7. The van der Waals surface area contributed by atoms with E-state index >= 15 is 0 Å². The number of ether oxygens (including phenoxy) is 1. The molecule has 0 bridgehead atoms. The number of carbonyl (C=O) groups excluding carboxylic acids is 1. The molecule has 60 valence electrons. The van der Waals surface area contributed by atoms with Gasteiger partial charge < -0.3 is 10.1 Å². The van der Waals surface area contributed by atoms with E-state index in [-0.39, 0.29) is 12.5 Å². The number of alkyl halides is 1. The molecule has 0 saturated heterocycles. The molecule has 1 N–H and O–H groups in total. The van der Waals surface area contributed by atoms with Gasteiger partial charge in [-0.2, -0.15) is 0 Å². The number of methoxy groups -OCH3 is 1. The minimum absolute atomic E-state index is 0.00958. The van der Waals surface area contributed by atoms with Crippen LogP contribution in [0, 0.1) is 0 Å². The Balaban J connectivity index is 3.37. The molecule has 0 aromatic rings. The highest BCUT2D eigenvalue weighted by atomic mass is 19.1. The molecule has 0 aromatic heterocycles. The van der Waals surface area contributed by atoms with Crippen LogP contribution in [0.15, 0.2) is 0 Å².